The number of carbonyl (C=O) groups is 5. The van der Waals surface area contributed by atoms with Crippen LogP contribution in [0, 0.1) is 21.5 Å². The number of benzene rings is 1. The summed E-state index contributed by atoms with van der Waals surface area (Å²) in [7, 11) is 6.37. The first-order valence-corrected chi connectivity index (χ1v) is 16.6. The van der Waals surface area contributed by atoms with Gasteiger partial charge in [0.25, 0.3) is 0 Å². The summed E-state index contributed by atoms with van der Waals surface area (Å²) in [6.45, 7) is 0.0179. The summed E-state index contributed by atoms with van der Waals surface area (Å²) < 4.78 is 0. The standard InChI is InChI=1S/C31H53N10O8.CH4N.CH3.3Y/c1-36-21(7-2-4-14-32)26(44)38-22(8-3-5-15-33)27(45)40-24(17-19-10-12-20(43)13-11-19)29(47)39-23(9-6-16-37-31(34)35)28(46)41-25(18-42)30(48)49;1-2;;;;/h10-13,21-25,36,42-43H,1-9,14-18,32-33H2,(H,38,44)(H,39,47)(H,40,45)(H,41,46)(H,48,49)(H4,34,35,37);1-2H2;1H3;;;/q3*-1;;;/t21?,22-,23-,24?,25?;;;;;/m0...../s1. The van der Waals surface area contributed by atoms with E-state index in [4.69, 9.17) is 22.9 Å². The van der Waals surface area contributed by atoms with Crippen molar-refractivity contribution in [2.45, 2.75) is 88.0 Å². The molecule has 22 heteroatoms. The van der Waals surface area contributed by atoms with Gasteiger partial charge in [0, 0.05) is 111 Å². The van der Waals surface area contributed by atoms with Crippen LogP contribution in [-0.2, 0) is 129 Å². The summed E-state index contributed by atoms with van der Waals surface area (Å²) in [5.41, 5.74) is 26.7. The van der Waals surface area contributed by atoms with E-state index >= 15 is 0 Å². The maximum Gasteiger partial charge on any atom is 0.328 e. The Morgan fingerprint density at radius 2 is 1.07 bits per heavy atom. The molecule has 0 saturated heterocycles. The number of phenolic OH excluding ortho intramolecular Hbond substituents is 1. The number of guanidine groups is 1. The molecule has 3 unspecified atom stereocenters. The normalized spacial score (nSPS) is 12.5. The minimum atomic E-state index is -1.64. The van der Waals surface area contributed by atoms with Crippen molar-refractivity contribution in [1.29, 1.82) is 0 Å². The molecule has 0 fully saturated rings. The Hall–Kier alpha value is -1.25. The number of nitrogens with two attached hydrogens (primary N) is 5. The smallest absolute Gasteiger partial charge is 0.328 e. The number of carboxylic acid groups (broad SMARTS) is 1. The van der Waals surface area contributed by atoms with E-state index in [1.807, 2.05) is 0 Å². The zero-order chi connectivity index (χ0) is 38.8. The number of amides is 4. The molecule has 19 nitrogen and oxygen atoms in total. The molecule has 18 N–H and O–H groups in total. The number of aromatic hydroxyl groups is 1. The van der Waals surface area contributed by atoms with Gasteiger partial charge in [-0.3, -0.25) is 38.3 Å². The molecule has 4 amide bonds. The number of aliphatic hydroxyl groups is 1. The molecular formula is C33H60N11O8Y3-3. The van der Waals surface area contributed by atoms with Crippen LogP contribution < -0.4 is 55.3 Å². The van der Waals surface area contributed by atoms with Gasteiger partial charge in [-0.05, 0) is 75.7 Å². The molecule has 1 aromatic rings. The van der Waals surface area contributed by atoms with Crippen LogP contribution in [0.3, 0.4) is 0 Å². The molecule has 0 spiro atoms. The Morgan fingerprint density at radius 1 is 0.673 bits per heavy atom. The van der Waals surface area contributed by atoms with Crippen molar-refractivity contribution in [1.82, 2.24) is 26.6 Å². The Bertz CT molecular complexity index is 1230. The van der Waals surface area contributed by atoms with E-state index in [0.29, 0.717) is 50.8 Å². The third-order valence-electron chi connectivity index (χ3n) is 7.47. The van der Waals surface area contributed by atoms with Gasteiger partial charge in [0.15, 0.2) is 5.96 Å². The van der Waals surface area contributed by atoms with Gasteiger partial charge in [-0.25, -0.2) is 4.79 Å². The van der Waals surface area contributed by atoms with E-state index in [2.05, 4.69) is 51.4 Å². The number of phenols is 1. The minimum Gasteiger partial charge on any atom is -0.508 e. The van der Waals surface area contributed by atoms with Crippen molar-refractivity contribution in [2.24, 2.45) is 33.7 Å². The first-order chi connectivity index (χ1) is 24.4. The van der Waals surface area contributed by atoms with Crippen LogP contribution in [0.25, 0.3) is 0 Å². The number of hydrogen-bond donors (Lipinski definition) is 13. The summed E-state index contributed by atoms with van der Waals surface area (Å²) in [6, 6.07) is -0.0949. The van der Waals surface area contributed by atoms with Crippen LogP contribution in [0.2, 0.25) is 0 Å². The van der Waals surface area contributed by atoms with Gasteiger partial charge in [-0.1, -0.05) is 18.6 Å². The van der Waals surface area contributed by atoms with E-state index in [9.17, 15) is 39.3 Å². The molecule has 307 valence electrons. The minimum absolute atomic E-state index is 0. The summed E-state index contributed by atoms with van der Waals surface area (Å²) in [5, 5.41) is 41.3. The molecule has 55 heavy (non-hydrogen) atoms. The monoisotopic (exact) mass is 1010 g/mol. The Morgan fingerprint density at radius 3 is 1.49 bits per heavy atom. The van der Waals surface area contributed by atoms with Gasteiger partial charge >= 0.3 is 5.97 Å². The van der Waals surface area contributed by atoms with Crippen molar-refractivity contribution >= 4 is 35.6 Å². The zero-order valence-electron chi connectivity index (χ0n) is 31.8. The molecule has 0 aromatic heterocycles. The predicted molar refractivity (Wildman–Crippen MR) is 198 cm³/mol. The van der Waals surface area contributed by atoms with E-state index < -0.39 is 66.4 Å². The second-order valence-corrected chi connectivity index (χ2v) is 11.4. The number of nitrogens with zero attached hydrogens (tertiary/aromatic N) is 1. The third-order valence-corrected chi connectivity index (χ3v) is 7.47. The molecule has 3 radical (unpaired) electrons. The van der Waals surface area contributed by atoms with Crippen LogP contribution in [0.5, 0.6) is 5.75 Å². The number of nitrogens with one attached hydrogen (secondary N) is 5. The van der Waals surface area contributed by atoms with Crippen molar-refractivity contribution in [2.75, 3.05) is 26.2 Å². The number of carboxylic acids is 1. The third kappa shape index (κ3) is 27.9. The van der Waals surface area contributed by atoms with E-state index in [1.165, 1.54) is 12.1 Å². The van der Waals surface area contributed by atoms with Gasteiger partial charge in [0.05, 0.1) is 12.6 Å². The maximum atomic E-state index is 13.8. The summed E-state index contributed by atoms with van der Waals surface area (Å²) in [5.74, 6) is -4.53. The van der Waals surface area contributed by atoms with Gasteiger partial charge in [-0.15, -0.1) is 0 Å². The van der Waals surface area contributed by atoms with Crippen molar-refractivity contribution in [3.8, 4) is 5.75 Å². The fourth-order valence-electron chi connectivity index (χ4n) is 4.70. The summed E-state index contributed by atoms with van der Waals surface area (Å²) in [4.78, 5) is 69.0. The van der Waals surface area contributed by atoms with Crippen molar-refractivity contribution in [3.63, 3.8) is 0 Å². The topological polar surface area (TPSA) is 349 Å². The fourth-order valence-corrected chi connectivity index (χ4v) is 4.70. The summed E-state index contributed by atoms with van der Waals surface area (Å²) in [6.07, 6.45) is 3.15. The zero-order valence-corrected chi connectivity index (χ0v) is 40.3. The molecule has 0 saturated carbocycles. The molecule has 5 atom stereocenters. The molecule has 0 aliphatic carbocycles. The molecule has 1 rings (SSSR count). The fraction of sp³-hybridized carbons (Fsp3) is 0.545. The number of aliphatic imine (C=N–C) groups is 1. The second kappa shape index (κ2) is 38.3. The molecule has 0 aliphatic heterocycles. The molecular weight excluding hydrogens is 945 g/mol. The van der Waals surface area contributed by atoms with Gasteiger partial charge in [0.2, 0.25) is 23.6 Å². The molecule has 1 aromatic carbocycles. The Kier molecular flexibility index (Phi) is 43.8. The SMILES string of the molecule is [CH2-]N.[CH2-]NC(CCCCN)C(=O)N[C@@H](CCCCN)C(=O)NC(Cc1ccc(O)cc1)C(=O)N[C@@H](CCCN=C(N)N)C(=O)NC(CO)C(=O)O.[CH3-].[Y].[Y].[Y]. The summed E-state index contributed by atoms with van der Waals surface area (Å²) >= 11 is 0. The second-order valence-electron chi connectivity index (χ2n) is 11.4. The van der Waals surface area contributed by atoms with E-state index in [0.717, 1.165) is 0 Å². The first kappa shape index (κ1) is 62.9. The number of hydrogen-bond acceptors (Lipinski definition) is 12. The van der Waals surface area contributed by atoms with Crippen LogP contribution in [0.1, 0.15) is 56.9 Å². The van der Waals surface area contributed by atoms with E-state index in [-0.39, 0.29) is 149 Å². The largest absolute Gasteiger partial charge is 0.508 e. The molecule has 0 heterocycles. The Labute approximate surface area is 400 Å². The number of carbonyl (C=O) groups excluding carboxylic acids is 4. The van der Waals surface area contributed by atoms with Gasteiger partial charge < -0.3 is 78.0 Å². The van der Waals surface area contributed by atoms with E-state index in [1.54, 1.807) is 12.1 Å². The molecule has 0 bridgehead atoms. The van der Waals surface area contributed by atoms with Crippen molar-refractivity contribution < 1.29 is 137 Å². The van der Waals surface area contributed by atoms with Crippen LogP contribution in [-0.4, -0.2) is 107 Å². The predicted octanol–water partition coefficient (Wildman–Crippen LogP) is -2.81. The number of aliphatic carboxylic acids is 1. The van der Waals surface area contributed by atoms with Crippen LogP contribution in [0.15, 0.2) is 29.3 Å². The molecule has 0 aliphatic rings. The van der Waals surface area contributed by atoms with Gasteiger partial charge in [0.1, 0.15) is 29.9 Å². The van der Waals surface area contributed by atoms with Gasteiger partial charge in [-0.2, -0.15) is 0 Å². The van der Waals surface area contributed by atoms with Crippen molar-refractivity contribution in [3.05, 3.63) is 51.4 Å². The number of unbranched alkanes of at least 4 members (excludes halogenated alkanes) is 2. The Balaban J connectivity index is -0.00000136. The maximum absolute atomic E-state index is 13.8. The number of aliphatic hydroxyl groups excluding tert-OH is 1. The average molecular weight is 1010 g/mol. The average Bonchev–Trinajstić information content (AvgIpc) is 3.10. The van der Waals surface area contributed by atoms with Crippen LogP contribution >= 0.6 is 0 Å². The number of rotatable bonds is 25. The first-order valence-electron chi connectivity index (χ1n) is 16.6. The quantitative estimate of drug-likeness (QED) is 0.0204. The van der Waals surface area contributed by atoms with Crippen LogP contribution in [0.4, 0.5) is 0 Å².